The van der Waals surface area contributed by atoms with Gasteiger partial charge in [-0.1, -0.05) is 29.4 Å². The summed E-state index contributed by atoms with van der Waals surface area (Å²) >= 11 is 0. The molecule has 0 bridgehead atoms. The van der Waals surface area contributed by atoms with Crippen molar-refractivity contribution in [3.63, 3.8) is 0 Å². The first-order valence-electron chi connectivity index (χ1n) is 13.3. The number of methoxy groups -OCH3 is 3. The summed E-state index contributed by atoms with van der Waals surface area (Å²) in [6, 6.07) is 16.0. The van der Waals surface area contributed by atoms with Crippen molar-refractivity contribution in [2.75, 3.05) is 54.1 Å². The number of aliphatic hydroxyl groups excluding tert-OH is 1. The number of β-amino-alcohol motifs (C(OH)–C–C–N with tert-alkyl or cyclic N) is 1. The second-order valence-corrected chi connectivity index (χ2v) is 9.57. The lowest BCUT2D eigenvalue weighted by Crippen LogP contribution is -2.54. The number of rotatable bonds is 14. The van der Waals surface area contributed by atoms with Crippen molar-refractivity contribution in [1.82, 2.24) is 15.4 Å². The first-order valence-corrected chi connectivity index (χ1v) is 13.3. The number of ether oxygens (including phenoxy) is 4. The lowest BCUT2D eigenvalue weighted by Gasteiger charge is -2.37. The molecule has 2 heterocycles. The zero-order valence-electron chi connectivity index (χ0n) is 23.0. The standard InChI is InChI=1S/C30H39N3O6/c1-35-20-24-17-27(39-32-24)12-10-23-6-4-5-7-28(23)38-21-26(34)19-33-15-14-31-18-25(33)11-8-22-9-13-29(36-2)30(16-22)37-3/h4-7,9-10,12-13,16-17,25-26,31,34H,8,11,14-15,18-21H2,1-3H3/b12-10+. The van der Waals surface area contributed by atoms with E-state index >= 15 is 0 Å². The third-order valence-corrected chi connectivity index (χ3v) is 6.78. The fraction of sp³-hybridized carbons (Fsp3) is 0.433. The molecule has 0 radical (unpaired) electrons. The Labute approximate surface area is 230 Å². The van der Waals surface area contributed by atoms with E-state index in [2.05, 4.69) is 21.4 Å². The van der Waals surface area contributed by atoms with Crippen LogP contribution in [-0.4, -0.2) is 81.4 Å². The molecule has 2 unspecified atom stereocenters. The smallest absolute Gasteiger partial charge is 0.160 e. The maximum Gasteiger partial charge on any atom is 0.160 e. The average molecular weight is 538 g/mol. The van der Waals surface area contributed by atoms with Crippen LogP contribution in [0.4, 0.5) is 0 Å². The molecule has 2 aromatic carbocycles. The van der Waals surface area contributed by atoms with Crippen LogP contribution in [0.3, 0.4) is 0 Å². The monoisotopic (exact) mass is 537 g/mol. The largest absolute Gasteiger partial charge is 0.493 e. The van der Waals surface area contributed by atoms with Gasteiger partial charge in [0, 0.05) is 51.0 Å². The highest BCUT2D eigenvalue weighted by Gasteiger charge is 2.24. The Morgan fingerprint density at radius 3 is 2.74 bits per heavy atom. The van der Waals surface area contributed by atoms with Crippen LogP contribution in [0.25, 0.3) is 12.2 Å². The summed E-state index contributed by atoms with van der Waals surface area (Å²) in [6.45, 7) is 3.84. The van der Waals surface area contributed by atoms with Gasteiger partial charge in [-0.25, -0.2) is 0 Å². The summed E-state index contributed by atoms with van der Waals surface area (Å²) < 4.78 is 27.3. The Balaban J connectivity index is 1.30. The molecule has 2 N–H and O–H groups in total. The molecule has 210 valence electrons. The number of nitrogens with one attached hydrogen (secondary N) is 1. The zero-order chi connectivity index (χ0) is 27.5. The number of hydrogen-bond acceptors (Lipinski definition) is 9. The number of para-hydroxylation sites is 1. The molecule has 39 heavy (non-hydrogen) atoms. The Bertz CT molecular complexity index is 1200. The molecule has 1 aromatic heterocycles. The maximum absolute atomic E-state index is 10.9. The van der Waals surface area contributed by atoms with Crippen LogP contribution < -0.4 is 19.5 Å². The van der Waals surface area contributed by atoms with Gasteiger partial charge in [0.25, 0.3) is 0 Å². The summed E-state index contributed by atoms with van der Waals surface area (Å²) in [5, 5.41) is 18.3. The lowest BCUT2D eigenvalue weighted by atomic mass is 10.0. The number of hydrogen-bond donors (Lipinski definition) is 2. The van der Waals surface area contributed by atoms with Crippen molar-refractivity contribution in [2.45, 2.75) is 31.6 Å². The van der Waals surface area contributed by atoms with E-state index in [1.165, 1.54) is 5.56 Å². The molecule has 3 aromatic rings. The van der Waals surface area contributed by atoms with Crippen LogP contribution in [0.1, 0.15) is 29.0 Å². The van der Waals surface area contributed by atoms with Crippen molar-refractivity contribution in [1.29, 1.82) is 0 Å². The van der Waals surface area contributed by atoms with Crippen LogP contribution in [0.15, 0.2) is 53.1 Å². The van der Waals surface area contributed by atoms with Crippen LogP contribution in [0.5, 0.6) is 17.2 Å². The van der Waals surface area contributed by atoms with Crippen LogP contribution >= 0.6 is 0 Å². The second-order valence-electron chi connectivity index (χ2n) is 9.57. The molecule has 1 aliphatic rings. The molecule has 2 atom stereocenters. The topological polar surface area (TPSA) is 98.5 Å². The summed E-state index contributed by atoms with van der Waals surface area (Å²) in [5.74, 6) is 2.81. The van der Waals surface area contributed by atoms with Gasteiger partial charge in [0.1, 0.15) is 24.2 Å². The third-order valence-electron chi connectivity index (χ3n) is 6.78. The Kier molecular flexibility index (Phi) is 10.8. The minimum atomic E-state index is -0.616. The number of aliphatic hydroxyl groups is 1. The summed E-state index contributed by atoms with van der Waals surface area (Å²) in [5.41, 5.74) is 2.83. The molecule has 9 nitrogen and oxygen atoms in total. The molecule has 1 fully saturated rings. The van der Waals surface area contributed by atoms with E-state index in [1.54, 1.807) is 21.3 Å². The van der Waals surface area contributed by atoms with Crippen molar-refractivity contribution >= 4 is 12.2 Å². The molecular formula is C30H39N3O6. The number of benzene rings is 2. The van der Waals surface area contributed by atoms with Gasteiger partial charge in [0.15, 0.2) is 17.3 Å². The summed E-state index contributed by atoms with van der Waals surface area (Å²) in [4.78, 5) is 2.36. The molecule has 0 amide bonds. The predicted octanol–water partition coefficient (Wildman–Crippen LogP) is 3.65. The summed E-state index contributed by atoms with van der Waals surface area (Å²) in [6.07, 6.45) is 5.02. The Hall–Kier alpha value is -3.37. The van der Waals surface area contributed by atoms with Gasteiger partial charge in [0.2, 0.25) is 0 Å². The molecule has 0 spiro atoms. The van der Waals surface area contributed by atoms with E-state index in [0.717, 1.165) is 55.2 Å². The molecule has 1 aliphatic heterocycles. The molecule has 9 heteroatoms. The van der Waals surface area contributed by atoms with Gasteiger partial charge in [-0.15, -0.1) is 0 Å². The fourth-order valence-electron chi connectivity index (χ4n) is 4.75. The first-order chi connectivity index (χ1) is 19.1. The van der Waals surface area contributed by atoms with Gasteiger partial charge >= 0.3 is 0 Å². The van der Waals surface area contributed by atoms with E-state index < -0.39 is 6.10 Å². The predicted molar refractivity (Wildman–Crippen MR) is 150 cm³/mol. The van der Waals surface area contributed by atoms with Gasteiger partial charge in [0.05, 0.1) is 20.8 Å². The van der Waals surface area contributed by atoms with E-state index in [1.807, 2.05) is 54.6 Å². The maximum atomic E-state index is 10.9. The Morgan fingerprint density at radius 2 is 1.92 bits per heavy atom. The van der Waals surface area contributed by atoms with Crippen LogP contribution in [-0.2, 0) is 17.8 Å². The van der Waals surface area contributed by atoms with Gasteiger partial charge < -0.3 is 33.9 Å². The van der Waals surface area contributed by atoms with Crippen molar-refractivity contribution in [3.05, 3.63) is 71.1 Å². The normalized spacial score (nSPS) is 16.9. The van der Waals surface area contributed by atoms with E-state index in [-0.39, 0.29) is 6.61 Å². The number of aromatic nitrogens is 1. The molecule has 4 rings (SSSR count). The highest BCUT2D eigenvalue weighted by Crippen LogP contribution is 2.28. The minimum absolute atomic E-state index is 0.206. The molecule has 0 saturated carbocycles. The van der Waals surface area contributed by atoms with Crippen molar-refractivity contribution < 1.29 is 28.6 Å². The van der Waals surface area contributed by atoms with Crippen LogP contribution in [0, 0.1) is 0 Å². The van der Waals surface area contributed by atoms with E-state index in [9.17, 15) is 5.11 Å². The minimum Gasteiger partial charge on any atom is -0.493 e. The van der Waals surface area contributed by atoms with Gasteiger partial charge in [-0.05, 0) is 48.8 Å². The quantitative estimate of drug-likeness (QED) is 0.319. The Morgan fingerprint density at radius 1 is 1.08 bits per heavy atom. The SMILES string of the molecule is COCc1cc(/C=C/c2ccccc2OCC(O)CN2CCNCC2CCc2ccc(OC)c(OC)c2)on1. The van der Waals surface area contributed by atoms with Crippen LogP contribution in [0.2, 0.25) is 0 Å². The number of aryl methyl sites for hydroxylation is 1. The van der Waals surface area contributed by atoms with E-state index in [4.69, 9.17) is 23.5 Å². The van der Waals surface area contributed by atoms with Crippen molar-refractivity contribution in [2.24, 2.45) is 0 Å². The van der Waals surface area contributed by atoms with Gasteiger partial charge in [-0.3, -0.25) is 4.90 Å². The first kappa shape index (κ1) is 28.6. The molecule has 0 aliphatic carbocycles. The molecular weight excluding hydrogens is 498 g/mol. The van der Waals surface area contributed by atoms with E-state index in [0.29, 0.717) is 30.7 Å². The summed E-state index contributed by atoms with van der Waals surface area (Å²) in [7, 11) is 4.92. The zero-order valence-corrected chi connectivity index (χ0v) is 23.0. The highest BCUT2D eigenvalue weighted by molar-refractivity contribution is 5.70. The molecule has 1 saturated heterocycles. The second kappa shape index (κ2) is 14.7. The highest BCUT2D eigenvalue weighted by atomic mass is 16.5. The number of nitrogens with zero attached hydrogens (tertiary/aromatic N) is 2. The average Bonchev–Trinajstić information content (AvgIpc) is 3.42. The lowest BCUT2D eigenvalue weighted by molar-refractivity contribution is 0.0421. The van der Waals surface area contributed by atoms with Gasteiger partial charge in [-0.2, -0.15) is 0 Å². The number of piperazine rings is 1. The third kappa shape index (κ3) is 8.31. The fourth-order valence-corrected chi connectivity index (χ4v) is 4.75. The van der Waals surface area contributed by atoms with Crippen molar-refractivity contribution in [3.8, 4) is 17.2 Å².